The number of hydrogen-bond acceptors (Lipinski definition) is 4. The molecule has 0 radical (unpaired) electrons. The maximum atomic E-state index is 12.4. The molecule has 6 heteroatoms. The number of carbonyl (C=O) groups excluding carboxylic acids is 1. The zero-order chi connectivity index (χ0) is 17.1. The number of aryl methyl sites for hydroxylation is 1. The van der Waals surface area contributed by atoms with E-state index in [4.69, 9.17) is 0 Å². The van der Waals surface area contributed by atoms with Gasteiger partial charge in [0.15, 0.2) is 0 Å². The maximum Gasteiger partial charge on any atom is 0.251 e. The lowest BCUT2D eigenvalue weighted by atomic mass is 10.1. The Bertz CT molecular complexity index is 702. The van der Waals surface area contributed by atoms with Gasteiger partial charge in [0.05, 0.1) is 17.4 Å². The molecule has 2 aromatic rings. The fraction of sp³-hybridized carbons (Fsp3) is 0.556. The Balaban J connectivity index is 1.51. The third-order valence-corrected chi connectivity index (χ3v) is 4.84. The molecule has 1 aliphatic heterocycles. The van der Waals surface area contributed by atoms with Gasteiger partial charge in [-0.15, -0.1) is 0 Å². The van der Waals surface area contributed by atoms with Crippen molar-refractivity contribution >= 4 is 16.9 Å². The fourth-order valence-corrected chi connectivity index (χ4v) is 3.10. The number of fused-ring (bicyclic) bond motifs is 1. The third-order valence-electron chi connectivity index (χ3n) is 4.84. The predicted octanol–water partition coefficient (Wildman–Crippen LogP) is 1.33. The molecule has 0 spiro atoms. The van der Waals surface area contributed by atoms with E-state index in [0.29, 0.717) is 5.56 Å². The molecule has 1 fully saturated rings. The standard InChI is InChI=1S/C18H27N5O/c1-14(6-7-23-10-8-21(2)9-11-23)20-18(24)15-4-5-17-16(12-15)19-13-22(17)3/h4-5,12-14H,6-11H2,1-3H3,(H,20,24). The highest BCUT2D eigenvalue weighted by molar-refractivity contribution is 5.97. The summed E-state index contributed by atoms with van der Waals surface area (Å²) in [6, 6.07) is 5.84. The lowest BCUT2D eigenvalue weighted by molar-refractivity contribution is 0.0931. The van der Waals surface area contributed by atoms with E-state index in [2.05, 4.69) is 34.1 Å². The Kier molecular flexibility index (Phi) is 5.16. The molecule has 1 saturated heterocycles. The molecule has 1 aliphatic rings. The number of hydrogen-bond donors (Lipinski definition) is 1. The molecule has 130 valence electrons. The van der Waals surface area contributed by atoms with Crippen molar-refractivity contribution in [3.05, 3.63) is 30.1 Å². The van der Waals surface area contributed by atoms with Crippen molar-refractivity contribution in [2.75, 3.05) is 39.8 Å². The van der Waals surface area contributed by atoms with Crippen LogP contribution < -0.4 is 5.32 Å². The summed E-state index contributed by atoms with van der Waals surface area (Å²) in [7, 11) is 4.12. The first-order chi connectivity index (χ1) is 11.5. The van der Waals surface area contributed by atoms with Crippen LogP contribution in [0.4, 0.5) is 0 Å². The van der Waals surface area contributed by atoms with Crippen molar-refractivity contribution in [3.63, 3.8) is 0 Å². The normalized spacial score (nSPS) is 18.0. The number of rotatable bonds is 5. The molecule has 0 bridgehead atoms. The Morgan fingerprint density at radius 2 is 2.00 bits per heavy atom. The van der Waals surface area contributed by atoms with Gasteiger partial charge >= 0.3 is 0 Å². The second kappa shape index (κ2) is 7.32. The van der Waals surface area contributed by atoms with Crippen LogP contribution in [0.1, 0.15) is 23.7 Å². The average Bonchev–Trinajstić information content (AvgIpc) is 2.95. The van der Waals surface area contributed by atoms with Gasteiger partial charge in [-0.25, -0.2) is 4.98 Å². The van der Waals surface area contributed by atoms with E-state index in [1.54, 1.807) is 6.33 Å². The smallest absolute Gasteiger partial charge is 0.251 e. The van der Waals surface area contributed by atoms with Crippen molar-refractivity contribution in [2.45, 2.75) is 19.4 Å². The van der Waals surface area contributed by atoms with Crippen molar-refractivity contribution in [1.29, 1.82) is 0 Å². The van der Waals surface area contributed by atoms with Crippen LogP contribution >= 0.6 is 0 Å². The monoisotopic (exact) mass is 329 g/mol. The molecular weight excluding hydrogens is 302 g/mol. The Morgan fingerprint density at radius 1 is 1.25 bits per heavy atom. The first-order valence-corrected chi connectivity index (χ1v) is 8.66. The molecule has 1 aromatic carbocycles. The van der Waals surface area contributed by atoms with E-state index in [9.17, 15) is 4.79 Å². The minimum atomic E-state index is -0.0200. The highest BCUT2D eigenvalue weighted by Gasteiger charge is 2.16. The Labute approximate surface area is 143 Å². The number of carbonyl (C=O) groups is 1. The number of imidazole rings is 1. The van der Waals surface area contributed by atoms with Gasteiger partial charge in [-0.05, 0) is 38.6 Å². The van der Waals surface area contributed by atoms with Crippen LogP contribution in [0.25, 0.3) is 11.0 Å². The topological polar surface area (TPSA) is 53.4 Å². The molecule has 1 unspecified atom stereocenters. The van der Waals surface area contributed by atoms with Crippen LogP contribution in [0.5, 0.6) is 0 Å². The van der Waals surface area contributed by atoms with Crippen molar-refractivity contribution < 1.29 is 4.79 Å². The van der Waals surface area contributed by atoms with E-state index in [0.717, 1.165) is 50.2 Å². The summed E-state index contributed by atoms with van der Waals surface area (Å²) in [6.45, 7) is 7.61. The third kappa shape index (κ3) is 3.94. The summed E-state index contributed by atoms with van der Waals surface area (Å²) in [5.41, 5.74) is 2.57. The molecule has 1 aromatic heterocycles. The van der Waals surface area contributed by atoms with Gasteiger partial charge in [0, 0.05) is 51.4 Å². The van der Waals surface area contributed by atoms with Gasteiger partial charge in [0.25, 0.3) is 5.91 Å². The van der Waals surface area contributed by atoms with Crippen LogP contribution in [0.15, 0.2) is 24.5 Å². The molecule has 2 heterocycles. The second-order valence-corrected chi connectivity index (χ2v) is 6.87. The van der Waals surface area contributed by atoms with Crippen LogP contribution in [0, 0.1) is 0 Å². The van der Waals surface area contributed by atoms with Gasteiger partial charge in [0.1, 0.15) is 0 Å². The summed E-state index contributed by atoms with van der Waals surface area (Å²) < 4.78 is 1.95. The molecular formula is C18H27N5O. The minimum Gasteiger partial charge on any atom is -0.350 e. The van der Waals surface area contributed by atoms with E-state index >= 15 is 0 Å². The van der Waals surface area contributed by atoms with E-state index in [1.165, 1.54) is 0 Å². The number of piperazine rings is 1. The molecule has 1 amide bonds. The molecule has 3 rings (SSSR count). The summed E-state index contributed by atoms with van der Waals surface area (Å²) in [4.78, 5) is 21.6. The highest BCUT2D eigenvalue weighted by atomic mass is 16.1. The number of aromatic nitrogens is 2. The molecule has 1 atom stereocenters. The molecule has 1 N–H and O–H groups in total. The van der Waals surface area contributed by atoms with Crippen LogP contribution in [0.2, 0.25) is 0 Å². The molecule has 24 heavy (non-hydrogen) atoms. The lowest BCUT2D eigenvalue weighted by Gasteiger charge is -2.32. The van der Waals surface area contributed by atoms with E-state index < -0.39 is 0 Å². The maximum absolute atomic E-state index is 12.4. The van der Waals surface area contributed by atoms with Crippen molar-refractivity contribution in [2.24, 2.45) is 7.05 Å². The number of nitrogens with zero attached hydrogens (tertiary/aromatic N) is 4. The Hall–Kier alpha value is -1.92. The van der Waals surface area contributed by atoms with Gasteiger partial charge in [-0.3, -0.25) is 4.79 Å². The summed E-state index contributed by atoms with van der Waals surface area (Å²) in [5, 5.41) is 3.11. The van der Waals surface area contributed by atoms with Gasteiger partial charge in [-0.1, -0.05) is 0 Å². The quantitative estimate of drug-likeness (QED) is 0.899. The van der Waals surface area contributed by atoms with Gasteiger partial charge < -0.3 is 19.7 Å². The number of amides is 1. The Morgan fingerprint density at radius 3 is 2.75 bits per heavy atom. The van der Waals surface area contributed by atoms with Crippen molar-refractivity contribution in [1.82, 2.24) is 24.7 Å². The highest BCUT2D eigenvalue weighted by Crippen LogP contribution is 2.14. The van der Waals surface area contributed by atoms with Crippen LogP contribution in [0.3, 0.4) is 0 Å². The first-order valence-electron chi connectivity index (χ1n) is 8.66. The molecule has 6 nitrogen and oxygen atoms in total. The number of benzene rings is 1. The largest absolute Gasteiger partial charge is 0.350 e. The SMILES string of the molecule is CC(CCN1CCN(C)CC1)NC(=O)c1ccc2c(c1)ncn2C. The number of nitrogens with one attached hydrogen (secondary N) is 1. The summed E-state index contributed by atoms with van der Waals surface area (Å²) >= 11 is 0. The van der Waals surface area contributed by atoms with E-state index in [-0.39, 0.29) is 11.9 Å². The molecule has 0 aliphatic carbocycles. The predicted molar refractivity (Wildman–Crippen MR) is 96.2 cm³/mol. The zero-order valence-corrected chi connectivity index (χ0v) is 14.8. The second-order valence-electron chi connectivity index (χ2n) is 6.87. The average molecular weight is 329 g/mol. The van der Waals surface area contributed by atoms with Crippen LogP contribution in [-0.4, -0.2) is 71.1 Å². The van der Waals surface area contributed by atoms with Gasteiger partial charge in [0.2, 0.25) is 0 Å². The fourth-order valence-electron chi connectivity index (χ4n) is 3.10. The first kappa shape index (κ1) is 16.9. The van der Waals surface area contributed by atoms with Gasteiger partial charge in [-0.2, -0.15) is 0 Å². The lowest BCUT2D eigenvalue weighted by Crippen LogP contribution is -2.46. The number of likely N-dealkylation sites (N-methyl/N-ethyl adjacent to an activating group) is 1. The van der Waals surface area contributed by atoms with Crippen LogP contribution in [-0.2, 0) is 7.05 Å². The summed E-state index contributed by atoms with van der Waals surface area (Å²) in [6.07, 6.45) is 2.74. The van der Waals surface area contributed by atoms with E-state index in [1.807, 2.05) is 29.8 Å². The summed E-state index contributed by atoms with van der Waals surface area (Å²) in [5.74, 6) is -0.0200. The minimum absolute atomic E-state index is 0.0200. The zero-order valence-electron chi connectivity index (χ0n) is 14.8. The molecule has 0 saturated carbocycles. The van der Waals surface area contributed by atoms with Crippen molar-refractivity contribution in [3.8, 4) is 0 Å².